The summed E-state index contributed by atoms with van der Waals surface area (Å²) in [5.74, 6) is -1.12. The van der Waals surface area contributed by atoms with Crippen molar-refractivity contribution in [2.24, 2.45) is 5.73 Å². The molecule has 0 heterocycles. The van der Waals surface area contributed by atoms with Crippen molar-refractivity contribution in [2.45, 2.75) is 13.8 Å². The van der Waals surface area contributed by atoms with Crippen LogP contribution in [0.15, 0.2) is 67.3 Å². The van der Waals surface area contributed by atoms with Crippen molar-refractivity contribution in [3.8, 4) is 5.75 Å². The van der Waals surface area contributed by atoms with Gasteiger partial charge in [-0.2, -0.15) is 0 Å². The van der Waals surface area contributed by atoms with Crippen LogP contribution in [-0.2, 0) is 14.3 Å². The molecule has 8 heteroatoms. The van der Waals surface area contributed by atoms with E-state index in [-0.39, 0.29) is 31.4 Å². The summed E-state index contributed by atoms with van der Waals surface area (Å²) in [4.78, 5) is 38.1. The van der Waals surface area contributed by atoms with Gasteiger partial charge in [0.25, 0.3) is 5.91 Å². The number of nitrogens with one attached hydrogen (secondary N) is 1. The third-order valence-electron chi connectivity index (χ3n) is 4.57. The average molecular weight is 450 g/mol. The molecule has 0 aliphatic heterocycles. The molecular weight excluding hydrogens is 422 g/mol. The van der Waals surface area contributed by atoms with Gasteiger partial charge in [0.05, 0.1) is 6.61 Å². The van der Waals surface area contributed by atoms with Crippen LogP contribution in [-0.4, -0.2) is 48.3 Å². The van der Waals surface area contributed by atoms with E-state index in [0.717, 1.165) is 5.56 Å². The van der Waals surface area contributed by atoms with Crippen molar-refractivity contribution >= 4 is 29.3 Å². The van der Waals surface area contributed by atoms with Crippen LogP contribution in [0.25, 0.3) is 5.57 Å². The maximum atomic E-state index is 12.8. The zero-order valence-corrected chi connectivity index (χ0v) is 18.7. The Labute approximate surface area is 192 Å². The van der Waals surface area contributed by atoms with Gasteiger partial charge >= 0.3 is 11.9 Å². The highest BCUT2D eigenvalue weighted by atomic mass is 16.5. The maximum Gasteiger partial charge on any atom is 0.336 e. The highest BCUT2D eigenvalue weighted by molar-refractivity contribution is 5.97. The highest BCUT2D eigenvalue weighted by Crippen LogP contribution is 2.17. The summed E-state index contributed by atoms with van der Waals surface area (Å²) in [5, 5.41) is 7.38. The number of esters is 2. The number of amidine groups is 1. The van der Waals surface area contributed by atoms with Crippen LogP contribution in [0, 0.1) is 5.41 Å². The number of carbonyl (C=O) groups is 3. The van der Waals surface area contributed by atoms with Crippen molar-refractivity contribution in [3.63, 3.8) is 0 Å². The van der Waals surface area contributed by atoms with Crippen LogP contribution in [0.2, 0.25) is 0 Å². The van der Waals surface area contributed by atoms with E-state index in [0.29, 0.717) is 22.4 Å². The van der Waals surface area contributed by atoms with E-state index >= 15 is 0 Å². The molecule has 0 saturated heterocycles. The molecule has 2 rings (SSSR count). The highest BCUT2D eigenvalue weighted by Gasteiger charge is 2.18. The lowest BCUT2D eigenvalue weighted by molar-refractivity contribution is -0.143. The van der Waals surface area contributed by atoms with Gasteiger partial charge in [-0.15, -0.1) is 6.58 Å². The molecule has 0 fully saturated rings. The topological polar surface area (TPSA) is 123 Å². The molecular formula is C25H27N3O5. The molecule has 33 heavy (non-hydrogen) atoms. The summed E-state index contributed by atoms with van der Waals surface area (Å²) in [5.41, 5.74) is 7.71. The molecule has 0 unspecified atom stereocenters. The predicted molar refractivity (Wildman–Crippen MR) is 126 cm³/mol. The van der Waals surface area contributed by atoms with Gasteiger partial charge < -0.3 is 20.1 Å². The minimum absolute atomic E-state index is 0.0703. The van der Waals surface area contributed by atoms with Gasteiger partial charge in [0.2, 0.25) is 0 Å². The first kappa shape index (κ1) is 25.1. The molecule has 172 valence electrons. The molecule has 0 bridgehead atoms. The van der Waals surface area contributed by atoms with E-state index in [4.69, 9.17) is 20.6 Å². The number of nitrogen functional groups attached to an aromatic ring is 1. The molecule has 1 amide bonds. The standard InChI is InChI=1S/C25H27N3O5/c1-4-14-28(16-23(30)32-5-2)25(31)20-8-6-18(7-9-20)17(3)15-22(29)33-21-12-10-19(11-13-21)24(26)27/h4,6-13,15H,1,5,14,16H2,2-3H3,(H3,26,27). The van der Waals surface area contributed by atoms with Crippen LogP contribution in [0.4, 0.5) is 0 Å². The molecule has 0 radical (unpaired) electrons. The van der Waals surface area contributed by atoms with Crippen LogP contribution >= 0.6 is 0 Å². The van der Waals surface area contributed by atoms with E-state index in [1.54, 1.807) is 62.4 Å². The van der Waals surface area contributed by atoms with Gasteiger partial charge in [0, 0.05) is 23.7 Å². The molecule has 0 atom stereocenters. The second kappa shape index (κ2) is 12.0. The van der Waals surface area contributed by atoms with Crippen molar-refractivity contribution in [3.05, 3.63) is 84.0 Å². The summed E-state index contributed by atoms with van der Waals surface area (Å²) in [6.07, 6.45) is 2.89. The van der Waals surface area contributed by atoms with E-state index in [2.05, 4.69) is 6.58 Å². The number of allylic oxidation sites excluding steroid dienone is 1. The Bertz CT molecular complexity index is 1060. The summed E-state index contributed by atoms with van der Waals surface area (Å²) < 4.78 is 10.2. The van der Waals surface area contributed by atoms with Crippen LogP contribution < -0.4 is 10.5 Å². The van der Waals surface area contributed by atoms with Gasteiger partial charge in [-0.25, -0.2) is 4.79 Å². The number of carbonyl (C=O) groups excluding carboxylic acids is 3. The number of nitrogens with zero attached hydrogens (tertiary/aromatic N) is 1. The number of rotatable bonds is 10. The van der Waals surface area contributed by atoms with Crippen molar-refractivity contribution in [1.29, 1.82) is 5.41 Å². The quantitative estimate of drug-likeness (QED) is 0.143. The third-order valence-corrected chi connectivity index (χ3v) is 4.57. The fraction of sp³-hybridized carbons (Fsp3) is 0.200. The van der Waals surface area contributed by atoms with E-state index in [1.165, 1.54) is 17.1 Å². The Morgan fingerprint density at radius 1 is 1.03 bits per heavy atom. The molecule has 0 saturated carbocycles. The zero-order valence-electron chi connectivity index (χ0n) is 18.7. The summed E-state index contributed by atoms with van der Waals surface area (Å²) >= 11 is 0. The van der Waals surface area contributed by atoms with Crippen molar-refractivity contribution in [2.75, 3.05) is 19.7 Å². The Kier molecular flexibility index (Phi) is 9.11. The number of hydrogen-bond acceptors (Lipinski definition) is 6. The number of ether oxygens (including phenoxy) is 2. The Morgan fingerprint density at radius 2 is 1.61 bits per heavy atom. The Balaban J connectivity index is 2.07. The monoisotopic (exact) mass is 449 g/mol. The van der Waals surface area contributed by atoms with E-state index < -0.39 is 11.9 Å². The lowest BCUT2D eigenvalue weighted by Crippen LogP contribution is -2.36. The van der Waals surface area contributed by atoms with Crippen LogP contribution in [0.1, 0.15) is 35.3 Å². The second-order valence-corrected chi connectivity index (χ2v) is 7.04. The van der Waals surface area contributed by atoms with Gasteiger partial charge in [-0.1, -0.05) is 18.2 Å². The average Bonchev–Trinajstić information content (AvgIpc) is 2.79. The molecule has 0 aliphatic carbocycles. The first-order valence-corrected chi connectivity index (χ1v) is 10.3. The smallest absolute Gasteiger partial charge is 0.336 e. The fourth-order valence-electron chi connectivity index (χ4n) is 2.90. The molecule has 0 spiro atoms. The predicted octanol–water partition coefficient (Wildman–Crippen LogP) is 3.17. The van der Waals surface area contributed by atoms with Gasteiger partial charge in [0.15, 0.2) is 0 Å². The first-order chi connectivity index (χ1) is 15.7. The Hall–Kier alpha value is -4.20. The zero-order chi connectivity index (χ0) is 24.4. The fourth-order valence-corrected chi connectivity index (χ4v) is 2.90. The van der Waals surface area contributed by atoms with Gasteiger partial charge in [-0.3, -0.25) is 15.0 Å². The second-order valence-electron chi connectivity index (χ2n) is 7.04. The lowest BCUT2D eigenvalue weighted by atomic mass is 10.0. The number of amides is 1. The largest absolute Gasteiger partial charge is 0.465 e. The minimum atomic E-state index is -0.560. The molecule has 0 aliphatic rings. The molecule has 2 aromatic carbocycles. The number of benzene rings is 2. The van der Waals surface area contributed by atoms with Crippen molar-refractivity contribution in [1.82, 2.24) is 4.90 Å². The minimum Gasteiger partial charge on any atom is -0.465 e. The summed E-state index contributed by atoms with van der Waals surface area (Å²) in [6, 6.07) is 13.0. The van der Waals surface area contributed by atoms with E-state index in [1.807, 2.05) is 0 Å². The van der Waals surface area contributed by atoms with Crippen LogP contribution in [0.5, 0.6) is 5.75 Å². The van der Waals surface area contributed by atoms with Crippen LogP contribution in [0.3, 0.4) is 0 Å². The molecule has 3 N–H and O–H groups in total. The first-order valence-electron chi connectivity index (χ1n) is 10.3. The van der Waals surface area contributed by atoms with Gasteiger partial charge in [-0.05, 0) is 61.4 Å². The number of nitrogens with two attached hydrogens (primary N) is 1. The van der Waals surface area contributed by atoms with Gasteiger partial charge in [0.1, 0.15) is 18.1 Å². The summed E-state index contributed by atoms with van der Waals surface area (Å²) in [6.45, 7) is 7.35. The van der Waals surface area contributed by atoms with Crippen molar-refractivity contribution < 1.29 is 23.9 Å². The lowest BCUT2D eigenvalue weighted by Gasteiger charge is -2.20. The maximum absolute atomic E-state index is 12.8. The van der Waals surface area contributed by atoms with E-state index in [9.17, 15) is 14.4 Å². The molecule has 8 nitrogen and oxygen atoms in total. The summed E-state index contributed by atoms with van der Waals surface area (Å²) in [7, 11) is 0. The molecule has 0 aromatic heterocycles. The Morgan fingerprint density at radius 3 is 2.15 bits per heavy atom. The molecule has 2 aromatic rings. The third kappa shape index (κ3) is 7.46. The SMILES string of the molecule is C=CCN(CC(=O)OCC)C(=O)c1ccc(C(C)=CC(=O)Oc2ccc(C(=N)N)cc2)cc1. The normalized spacial score (nSPS) is 10.8. The number of hydrogen-bond donors (Lipinski definition) is 2.